The Morgan fingerprint density at radius 2 is 2.31 bits per heavy atom. The van der Waals surface area contributed by atoms with Crippen molar-refractivity contribution in [2.75, 3.05) is 0 Å². The zero-order valence-electron chi connectivity index (χ0n) is 8.85. The largest absolute Gasteiger partial charge is 0.416 e. The van der Waals surface area contributed by atoms with Gasteiger partial charge in [0.15, 0.2) is 0 Å². The third kappa shape index (κ3) is 1.46. The second-order valence-electron chi connectivity index (χ2n) is 4.53. The standard InChI is InChI=1S/C12H14N2O2/c13-10-4-2-7-5-8(1-3-9(7)10)11-6-16-12(15)14-11/h1,3,5-7,9-10H,2,4,13H2,(H,14,15)/t7?,9?,10-/m0/s1. The van der Waals surface area contributed by atoms with Crippen LogP contribution in [-0.2, 0) is 0 Å². The van der Waals surface area contributed by atoms with Crippen molar-refractivity contribution in [2.45, 2.75) is 18.9 Å². The summed E-state index contributed by atoms with van der Waals surface area (Å²) >= 11 is 0. The van der Waals surface area contributed by atoms with Gasteiger partial charge in [-0.25, -0.2) is 4.79 Å². The van der Waals surface area contributed by atoms with Gasteiger partial charge in [0.25, 0.3) is 0 Å². The first-order chi connectivity index (χ1) is 7.74. The van der Waals surface area contributed by atoms with Gasteiger partial charge in [0.05, 0.1) is 5.69 Å². The number of nitrogens with one attached hydrogen (secondary N) is 1. The highest BCUT2D eigenvalue weighted by Crippen LogP contribution is 2.38. The van der Waals surface area contributed by atoms with E-state index in [0.29, 0.717) is 11.8 Å². The van der Waals surface area contributed by atoms with E-state index in [1.54, 1.807) is 0 Å². The van der Waals surface area contributed by atoms with Crippen molar-refractivity contribution in [2.24, 2.45) is 17.6 Å². The molecule has 0 aliphatic heterocycles. The molecule has 4 heteroatoms. The van der Waals surface area contributed by atoms with Crippen LogP contribution in [0.3, 0.4) is 0 Å². The summed E-state index contributed by atoms with van der Waals surface area (Å²) in [5.41, 5.74) is 7.80. The predicted octanol–water partition coefficient (Wildman–Crippen LogP) is 1.27. The zero-order chi connectivity index (χ0) is 11.1. The quantitative estimate of drug-likeness (QED) is 0.745. The summed E-state index contributed by atoms with van der Waals surface area (Å²) in [5, 5.41) is 0. The number of fused-ring (bicyclic) bond motifs is 1. The van der Waals surface area contributed by atoms with E-state index in [0.717, 1.165) is 24.1 Å². The molecule has 0 amide bonds. The van der Waals surface area contributed by atoms with E-state index in [9.17, 15) is 4.79 Å². The molecular formula is C12H14N2O2. The first-order valence-electron chi connectivity index (χ1n) is 5.58. The molecule has 0 radical (unpaired) electrons. The van der Waals surface area contributed by atoms with Crippen LogP contribution in [0, 0.1) is 11.8 Å². The maximum absolute atomic E-state index is 10.9. The van der Waals surface area contributed by atoms with E-state index in [-0.39, 0.29) is 6.04 Å². The lowest BCUT2D eigenvalue weighted by atomic mass is 9.86. The molecule has 1 heterocycles. The van der Waals surface area contributed by atoms with E-state index in [2.05, 4.69) is 17.1 Å². The number of hydrogen-bond donors (Lipinski definition) is 2. The molecule has 3 N–H and O–H groups in total. The Balaban J connectivity index is 1.92. The molecule has 2 unspecified atom stereocenters. The van der Waals surface area contributed by atoms with Crippen molar-refractivity contribution in [3.05, 3.63) is 40.7 Å². The molecule has 1 aromatic heterocycles. The Hall–Kier alpha value is -1.55. The summed E-state index contributed by atoms with van der Waals surface area (Å²) in [6.45, 7) is 0. The molecular weight excluding hydrogens is 204 g/mol. The minimum absolute atomic E-state index is 0.280. The Bertz CT molecular complexity index is 509. The molecule has 84 valence electrons. The number of rotatable bonds is 1. The van der Waals surface area contributed by atoms with Crippen LogP contribution in [0.15, 0.2) is 33.7 Å². The fourth-order valence-electron chi connectivity index (χ4n) is 2.67. The summed E-state index contributed by atoms with van der Waals surface area (Å²) in [6.07, 6.45) is 10.0. The molecule has 0 bridgehead atoms. The molecule has 0 saturated heterocycles. The molecule has 2 aliphatic carbocycles. The SMILES string of the molecule is N[C@H]1CCC2C=C(c3coc(=O)[nH]3)C=CC21. The first kappa shape index (κ1) is 9.66. The molecule has 0 aromatic carbocycles. The maximum Gasteiger partial charge on any atom is 0.416 e. The van der Waals surface area contributed by atoms with Gasteiger partial charge in [0, 0.05) is 6.04 Å². The number of nitrogens with two attached hydrogens (primary N) is 1. The second kappa shape index (κ2) is 3.49. The zero-order valence-corrected chi connectivity index (χ0v) is 8.85. The van der Waals surface area contributed by atoms with Crippen molar-refractivity contribution in [1.29, 1.82) is 0 Å². The van der Waals surface area contributed by atoms with Crippen molar-refractivity contribution in [3.8, 4) is 0 Å². The monoisotopic (exact) mass is 218 g/mol. The molecule has 1 aromatic rings. The number of H-pyrrole nitrogens is 1. The fraction of sp³-hybridized carbons (Fsp3) is 0.417. The topological polar surface area (TPSA) is 72.0 Å². The van der Waals surface area contributed by atoms with Crippen LogP contribution in [0.25, 0.3) is 5.57 Å². The van der Waals surface area contributed by atoms with Crippen LogP contribution in [0.4, 0.5) is 0 Å². The van der Waals surface area contributed by atoms with Gasteiger partial charge in [-0.15, -0.1) is 0 Å². The number of aromatic amines is 1. The first-order valence-corrected chi connectivity index (χ1v) is 5.58. The summed E-state index contributed by atoms with van der Waals surface area (Å²) in [7, 11) is 0. The molecule has 4 nitrogen and oxygen atoms in total. The normalized spacial score (nSPS) is 32.6. The van der Waals surface area contributed by atoms with E-state index < -0.39 is 5.76 Å². The third-order valence-electron chi connectivity index (χ3n) is 3.55. The predicted molar refractivity (Wildman–Crippen MR) is 60.6 cm³/mol. The van der Waals surface area contributed by atoms with E-state index >= 15 is 0 Å². The smallest absolute Gasteiger partial charge is 0.416 e. The van der Waals surface area contributed by atoms with Crippen LogP contribution in [0.2, 0.25) is 0 Å². The average molecular weight is 218 g/mol. The van der Waals surface area contributed by atoms with Crippen LogP contribution in [0.5, 0.6) is 0 Å². The minimum Gasteiger partial charge on any atom is -0.416 e. The highest BCUT2D eigenvalue weighted by Gasteiger charge is 2.32. The summed E-state index contributed by atoms with van der Waals surface area (Å²) in [5.74, 6) is 0.560. The number of oxazole rings is 1. The Morgan fingerprint density at radius 1 is 1.44 bits per heavy atom. The van der Waals surface area contributed by atoms with Gasteiger partial charge in [-0.3, -0.25) is 4.98 Å². The summed E-state index contributed by atoms with van der Waals surface area (Å²) < 4.78 is 4.74. The van der Waals surface area contributed by atoms with Gasteiger partial charge in [-0.05, 0) is 30.3 Å². The minimum atomic E-state index is -0.408. The molecule has 0 spiro atoms. The van der Waals surface area contributed by atoms with Gasteiger partial charge in [-0.2, -0.15) is 0 Å². The number of allylic oxidation sites excluding steroid dienone is 3. The van der Waals surface area contributed by atoms with E-state index in [1.807, 2.05) is 6.08 Å². The second-order valence-corrected chi connectivity index (χ2v) is 4.53. The van der Waals surface area contributed by atoms with Crippen LogP contribution in [-0.4, -0.2) is 11.0 Å². The van der Waals surface area contributed by atoms with Gasteiger partial charge in [0.1, 0.15) is 6.26 Å². The lowest BCUT2D eigenvalue weighted by Crippen LogP contribution is -2.26. The molecule has 1 saturated carbocycles. The van der Waals surface area contributed by atoms with Crippen molar-refractivity contribution in [3.63, 3.8) is 0 Å². The summed E-state index contributed by atoms with van der Waals surface area (Å²) in [4.78, 5) is 13.6. The van der Waals surface area contributed by atoms with E-state index in [4.69, 9.17) is 10.2 Å². The Kier molecular flexibility index (Phi) is 2.11. The molecule has 3 rings (SSSR count). The van der Waals surface area contributed by atoms with E-state index in [1.165, 1.54) is 6.26 Å². The highest BCUT2D eigenvalue weighted by molar-refractivity contribution is 5.72. The van der Waals surface area contributed by atoms with Gasteiger partial charge in [0.2, 0.25) is 0 Å². The van der Waals surface area contributed by atoms with Crippen LogP contribution < -0.4 is 11.5 Å². The average Bonchev–Trinajstić information content (AvgIpc) is 2.86. The molecule has 16 heavy (non-hydrogen) atoms. The van der Waals surface area contributed by atoms with Crippen molar-refractivity contribution >= 4 is 5.57 Å². The summed E-state index contributed by atoms with van der Waals surface area (Å²) in [6, 6.07) is 0.280. The Morgan fingerprint density at radius 3 is 3.06 bits per heavy atom. The van der Waals surface area contributed by atoms with Crippen molar-refractivity contribution in [1.82, 2.24) is 4.98 Å². The van der Waals surface area contributed by atoms with Gasteiger partial charge < -0.3 is 10.2 Å². The molecule has 3 atom stereocenters. The van der Waals surface area contributed by atoms with Gasteiger partial charge in [-0.1, -0.05) is 18.2 Å². The fourth-order valence-corrected chi connectivity index (χ4v) is 2.67. The third-order valence-corrected chi connectivity index (χ3v) is 3.55. The Labute approximate surface area is 92.8 Å². The van der Waals surface area contributed by atoms with Crippen molar-refractivity contribution < 1.29 is 4.42 Å². The van der Waals surface area contributed by atoms with Crippen LogP contribution >= 0.6 is 0 Å². The number of aromatic nitrogens is 1. The lowest BCUT2D eigenvalue weighted by molar-refractivity contribution is 0.506. The van der Waals surface area contributed by atoms with Crippen LogP contribution in [0.1, 0.15) is 18.5 Å². The number of hydrogen-bond acceptors (Lipinski definition) is 3. The lowest BCUT2D eigenvalue weighted by Gasteiger charge is -2.20. The molecule has 1 fully saturated rings. The molecule has 2 aliphatic rings. The highest BCUT2D eigenvalue weighted by atomic mass is 16.4. The van der Waals surface area contributed by atoms with Gasteiger partial charge >= 0.3 is 5.76 Å². The maximum atomic E-state index is 10.9.